The fraction of sp³-hybridized carbons (Fsp3) is 0.364. The minimum atomic E-state index is -0.579. The van der Waals surface area contributed by atoms with Crippen LogP contribution in [0.1, 0.15) is 24.8 Å². The van der Waals surface area contributed by atoms with E-state index in [1.807, 2.05) is 37.3 Å². The van der Waals surface area contributed by atoms with Gasteiger partial charge in [0.25, 0.3) is 0 Å². The Morgan fingerprint density at radius 3 is 2.50 bits per heavy atom. The topological polar surface area (TPSA) is 43.1 Å². The predicted molar refractivity (Wildman–Crippen MR) is 58.3 cm³/mol. The summed E-state index contributed by atoms with van der Waals surface area (Å²) in [6.07, 6.45) is 0.584. The highest BCUT2D eigenvalue weighted by Gasteiger charge is 2.16. The van der Waals surface area contributed by atoms with Crippen molar-refractivity contribution in [2.24, 2.45) is 5.73 Å². The molecule has 3 heteroatoms. The molecule has 1 aromatic rings. The lowest BCUT2D eigenvalue weighted by Crippen LogP contribution is -2.24. The fourth-order valence-corrected chi connectivity index (χ4v) is 1.61. The first-order valence-electron chi connectivity index (χ1n) is 4.59. The molecule has 0 heterocycles. The van der Waals surface area contributed by atoms with Crippen LogP contribution in [0.4, 0.5) is 0 Å². The lowest BCUT2D eigenvalue weighted by molar-refractivity contribution is -0.117. The van der Waals surface area contributed by atoms with Gasteiger partial charge in [-0.05, 0) is 17.9 Å². The number of primary amides is 1. The van der Waals surface area contributed by atoms with Gasteiger partial charge in [-0.2, -0.15) is 0 Å². The molecule has 2 unspecified atom stereocenters. The number of alkyl halides is 1. The summed E-state index contributed by atoms with van der Waals surface area (Å²) in [6, 6.07) is 9.95. The molecule has 1 aromatic carbocycles. The van der Waals surface area contributed by atoms with Crippen LogP contribution >= 0.6 is 11.6 Å². The number of amides is 1. The van der Waals surface area contributed by atoms with Gasteiger partial charge < -0.3 is 5.73 Å². The lowest BCUT2D eigenvalue weighted by atomic mass is 9.96. The first-order valence-corrected chi connectivity index (χ1v) is 5.03. The molecule has 0 saturated heterocycles. The van der Waals surface area contributed by atoms with E-state index in [1.165, 1.54) is 5.56 Å². The van der Waals surface area contributed by atoms with Crippen molar-refractivity contribution in [3.63, 3.8) is 0 Å². The van der Waals surface area contributed by atoms with Crippen LogP contribution in [-0.2, 0) is 4.79 Å². The van der Waals surface area contributed by atoms with Gasteiger partial charge in [0.2, 0.25) is 5.91 Å². The van der Waals surface area contributed by atoms with Crippen LogP contribution in [0, 0.1) is 0 Å². The maximum absolute atomic E-state index is 10.8. The van der Waals surface area contributed by atoms with E-state index < -0.39 is 11.3 Å². The van der Waals surface area contributed by atoms with Gasteiger partial charge in [-0.3, -0.25) is 4.79 Å². The van der Waals surface area contributed by atoms with E-state index in [0.717, 1.165) is 0 Å². The van der Waals surface area contributed by atoms with Gasteiger partial charge in [0.05, 0.1) is 0 Å². The molecule has 0 aromatic heterocycles. The van der Waals surface area contributed by atoms with E-state index in [1.54, 1.807) is 0 Å². The van der Waals surface area contributed by atoms with E-state index >= 15 is 0 Å². The van der Waals surface area contributed by atoms with Crippen LogP contribution in [0.2, 0.25) is 0 Å². The number of nitrogens with two attached hydrogens (primary N) is 1. The Kier molecular flexibility index (Phi) is 3.96. The number of carbonyl (C=O) groups excluding carboxylic acids is 1. The normalized spacial score (nSPS) is 14.7. The third-order valence-corrected chi connectivity index (χ3v) is 2.63. The number of hydrogen-bond donors (Lipinski definition) is 1. The summed E-state index contributed by atoms with van der Waals surface area (Å²) in [5.41, 5.74) is 6.27. The molecule has 1 rings (SSSR count). The second-order valence-corrected chi connectivity index (χ2v) is 3.94. The molecule has 0 radical (unpaired) electrons. The molecular weight excluding hydrogens is 198 g/mol. The van der Waals surface area contributed by atoms with Crippen LogP contribution in [-0.4, -0.2) is 11.3 Å². The van der Waals surface area contributed by atoms with Gasteiger partial charge in [-0.25, -0.2) is 0 Å². The van der Waals surface area contributed by atoms with Crippen LogP contribution in [0.3, 0.4) is 0 Å². The largest absolute Gasteiger partial charge is 0.368 e. The Morgan fingerprint density at radius 1 is 1.43 bits per heavy atom. The summed E-state index contributed by atoms with van der Waals surface area (Å²) in [5.74, 6) is -0.194. The Hall–Kier alpha value is -1.02. The van der Waals surface area contributed by atoms with Crippen LogP contribution in [0.5, 0.6) is 0 Å². The minimum absolute atomic E-state index is 0.256. The summed E-state index contributed by atoms with van der Waals surface area (Å²) in [4.78, 5) is 10.8. The molecule has 14 heavy (non-hydrogen) atoms. The van der Waals surface area contributed by atoms with Gasteiger partial charge in [0.15, 0.2) is 0 Å². The average Bonchev–Trinajstić information content (AvgIpc) is 2.19. The van der Waals surface area contributed by atoms with E-state index in [0.29, 0.717) is 6.42 Å². The Bertz CT molecular complexity index is 299. The van der Waals surface area contributed by atoms with E-state index in [9.17, 15) is 4.79 Å². The molecular formula is C11H14ClNO. The van der Waals surface area contributed by atoms with Gasteiger partial charge >= 0.3 is 0 Å². The zero-order valence-corrected chi connectivity index (χ0v) is 8.87. The Balaban J connectivity index is 2.59. The van der Waals surface area contributed by atoms with Crippen molar-refractivity contribution in [3.8, 4) is 0 Å². The van der Waals surface area contributed by atoms with E-state index in [-0.39, 0.29) is 5.92 Å². The number of halogens is 1. The molecule has 76 valence electrons. The highest BCUT2D eigenvalue weighted by molar-refractivity contribution is 6.30. The molecule has 2 nitrogen and oxygen atoms in total. The standard InChI is InChI=1S/C11H14ClNO/c1-8(7-10(12)11(13)14)9-5-3-2-4-6-9/h2-6,8,10H,7H2,1H3,(H2,13,14). The van der Waals surface area contributed by atoms with Crippen LogP contribution in [0.15, 0.2) is 30.3 Å². The molecule has 0 spiro atoms. The van der Waals surface area contributed by atoms with Gasteiger partial charge in [0.1, 0.15) is 5.38 Å². The van der Waals surface area contributed by atoms with Crippen LogP contribution < -0.4 is 5.73 Å². The Labute approximate surface area is 89.1 Å². The molecule has 0 aliphatic heterocycles. The smallest absolute Gasteiger partial charge is 0.235 e. The quantitative estimate of drug-likeness (QED) is 0.763. The number of carbonyl (C=O) groups is 1. The van der Waals surface area contributed by atoms with Crippen molar-refractivity contribution >= 4 is 17.5 Å². The van der Waals surface area contributed by atoms with Gasteiger partial charge in [0, 0.05) is 0 Å². The van der Waals surface area contributed by atoms with Crippen molar-refractivity contribution in [1.82, 2.24) is 0 Å². The minimum Gasteiger partial charge on any atom is -0.368 e. The number of benzene rings is 1. The highest BCUT2D eigenvalue weighted by atomic mass is 35.5. The second kappa shape index (κ2) is 5.01. The SMILES string of the molecule is CC(CC(Cl)C(N)=O)c1ccccc1. The molecule has 0 aliphatic carbocycles. The molecule has 0 bridgehead atoms. The maximum Gasteiger partial charge on any atom is 0.235 e. The summed E-state index contributed by atoms with van der Waals surface area (Å²) < 4.78 is 0. The van der Waals surface area contributed by atoms with Crippen molar-refractivity contribution in [2.45, 2.75) is 24.6 Å². The first kappa shape index (κ1) is 11.1. The lowest BCUT2D eigenvalue weighted by Gasteiger charge is -2.13. The number of hydrogen-bond acceptors (Lipinski definition) is 1. The van der Waals surface area contributed by atoms with Crippen molar-refractivity contribution in [3.05, 3.63) is 35.9 Å². The van der Waals surface area contributed by atoms with E-state index in [4.69, 9.17) is 17.3 Å². The maximum atomic E-state index is 10.8. The van der Waals surface area contributed by atoms with Crippen molar-refractivity contribution < 1.29 is 4.79 Å². The highest BCUT2D eigenvalue weighted by Crippen LogP contribution is 2.22. The third-order valence-electron chi connectivity index (χ3n) is 2.24. The summed E-state index contributed by atoms with van der Waals surface area (Å²) in [5, 5.41) is -0.579. The zero-order valence-electron chi connectivity index (χ0n) is 8.11. The van der Waals surface area contributed by atoms with Gasteiger partial charge in [-0.1, -0.05) is 37.3 Å². The molecule has 1 amide bonds. The molecule has 2 atom stereocenters. The molecule has 2 N–H and O–H groups in total. The first-order chi connectivity index (χ1) is 6.61. The number of rotatable bonds is 4. The summed E-state index contributed by atoms with van der Waals surface area (Å²) in [7, 11) is 0. The van der Waals surface area contributed by atoms with Gasteiger partial charge in [-0.15, -0.1) is 11.6 Å². The second-order valence-electron chi connectivity index (χ2n) is 3.42. The summed E-state index contributed by atoms with van der Waals surface area (Å²) >= 11 is 5.79. The predicted octanol–water partition coefficient (Wildman–Crippen LogP) is 2.27. The fourth-order valence-electron chi connectivity index (χ4n) is 1.34. The third kappa shape index (κ3) is 3.04. The molecule has 0 aliphatic rings. The van der Waals surface area contributed by atoms with Crippen molar-refractivity contribution in [2.75, 3.05) is 0 Å². The summed E-state index contributed by atoms with van der Waals surface area (Å²) in [6.45, 7) is 2.04. The average molecular weight is 212 g/mol. The van der Waals surface area contributed by atoms with Crippen molar-refractivity contribution in [1.29, 1.82) is 0 Å². The monoisotopic (exact) mass is 211 g/mol. The molecule has 0 saturated carbocycles. The Morgan fingerprint density at radius 2 is 2.00 bits per heavy atom. The van der Waals surface area contributed by atoms with E-state index in [2.05, 4.69) is 0 Å². The zero-order chi connectivity index (χ0) is 10.6. The van der Waals surface area contributed by atoms with Crippen LogP contribution in [0.25, 0.3) is 0 Å². The molecule has 0 fully saturated rings.